The summed E-state index contributed by atoms with van der Waals surface area (Å²) in [5.41, 5.74) is 1.01. The van der Waals surface area contributed by atoms with Crippen LogP contribution in [0.15, 0.2) is 46.1 Å². The fraction of sp³-hybridized carbons (Fsp3) is 0.278. The number of hydrogen-bond donors (Lipinski definition) is 1. The second kappa shape index (κ2) is 6.46. The van der Waals surface area contributed by atoms with Crippen LogP contribution < -0.4 is 11.2 Å². The fourth-order valence-corrected chi connectivity index (χ4v) is 3.36. The van der Waals surface area contributed by atoms with E-state index in [9.17, 15) is 9.59 Å². The van der Waals surface area contributed by atoms with Crippen LogP contribution in [0, 0.1) is 0 Å². The predicted octanol–water partition coefficient (Wildman–Crippen LogP) is 2.58. The molecule has 128 valence electrons. The number of benzene rings is 1. The Bertz CT molecular complexity index is 1030. The summed E-state index contributed by atoms with van der Waals surface area (Å²) in [5.74, 6) is 0. The van der Waals surface area contributed by atoms with E-state index in [-0.39, 0.29) is 6.10 Å². The minimum atomic E-state index is -0.464. The van der Waals surface area contributed by atoms with Gasteiger partial charge in [0.25, 0.3) is 5.56 Å². The highest BCUT2D eigenvalue weighted by Gasteiger charge is 2.20. The third-order valence-electron chi connectivity index (χ3n) is 4.44. The SMILES string of the molecule is O=c1[nH]c(=O)n(C[C@H]2CCCO2)c2nccc(-c3ccc(Cl)cc3)c12. The molecule has 1 aromatic carbocycles. The second-order valence-corrected chi connectivity index (χ2v) is 6.51. The molecule has 2 aromatic heterocycles. The molecule has 25 heavy (non-hydrogen) atoms. The van der Waals surface area contributed by atoms with Crippen molar-refractivity contribution in [1.29, 1.82) is 0 Å². The molecule has 4 rings (SSSR count). The van der Waals surface area contributed by atoms with E-state index in [0.29, 0.717) is 34.8 Å². The van der Waals surface area contributed by atoms with Crippen molar-refractivity contribution in [2.45, 2.75) is 25.5 Å². The molecule has 0 radical (unpaired) electrons. The second-order valence-electron chi connectivity index (χ2n) is 6.07. The van der Waals surface area contributed by atoms with Gasteiger partial charge >= 0.3 is 5.69 Å². The summed E-state index contributed by atoms with van der Waals surface area (Å²) < 4.78 is 7.12. The van der Waals surface area contributed by atoms with Crippen molar-refractivity contribution >= 4 is 22.6 Å². The smallest absolute Gasteiger partial charge is 0.330 e. The molecule has 1 aliphatic rings. The summed E-state index contributed by atoms with van der Waals surface area (Å²) in [6, 6.07) is 8.97. The van der Waals surface area contributed by atoms with Gasteiger partial charge in [0, 0.05) is 17.8 Å². The minimum absolute atomic E-state index is 0.0345. The van der Waals surface area contributed by atoms with E-state index in [1.165, 1.54) is 4.57 Å². The van der Waals surface area contributed by atoms with E-state index >= 15 is 0 Å². The van der Waals surface area contributed by atoms with Crippen molar-refractivity contribution in [2.75, 3.05) is 6.61 Å². The Morgan fingerprint density at radius 3 is 2.76 bits per heavy atom. The molecule has 3 heterocycles. The summed E-state index contributed by atoms with van der Waals surface area (Å²) in [5, 5.41) is 1.01. The largest absolute Gasteiger partial charge is 0.376 e. The molecule has 6 nitrogen and oxygen atoms in total. The molecular weight excluding hydrogens is 342 g/mol. The Labute approximate surface area is 148 Å². The summed E-state index contributed by atoms with van der Waals surface area (Å²) >= 11 is 5.95. The van der Waals surface area contributed by atoms with E-state index in [2.05, 4.69) is 9.97 Å². The first-order valence-corrected chi connectivity index (χ1v) is 8.50. The number of hydrogen-bond acceptors (Lipinski definition) is 4. The number of rotatable bonds is 3. The van der Waals surface area contributed by atoms with Crippen molar-refractivity contribution < 1.29 is 4.74 Å². The Morgan fingerprint density at radius 1 is 1.24 bits per heavy atom. The molecule has 1 fully saturated rings. The van der Waals surface area contributed by atoms with Gasteiger partial charge in [-0.05, 0) is 42.2 Å². The lowest BCUT2D eigenvalue weighted by molar-refractivity contribution is 0.0967. The highest BCUT2D eigenvalue weighted by atomic mass is 35.5. The molecule has 7 heteroatoms. The van der Waals surface area contributed by atoms with Gasteiger partial charge in [-0.15, -0.1) is 0 Å². The maximum atomic E-state index is 12.5. The first-order valence-electron chi connectivity index (χ1n) is 8.13. The topological polar surface area (TPSA) is 77.0 Å². The highest BCUT2D eigenvalue weighted by Crippen LogP contribution is 2.26. The molecular formula is C18H16ClN3O3. The monoisotopic (exact) mass is 357 g/mol. The van der Waals surface area contributed by atoms with Gasteiger partial charge in [0.15, 0.2) is 0 Å². The first kappa shape index (κ1) is 16.1. The van der Waals surface area contributed by atoms with Crippen LogP contribution >= 0.6 is 11.6 Å². The van der Waals surface area contributed by atoms with Gasteiger partial charge in [0.05, 0.1) is 18.0 Å². The Hall–Kier alpha value is -2.44. The van der Waals surface area contributed by atoms with Crippen molar-refractivity contribution in [3.05, 3.63) is 62.4 Å². The summed E-state index contributed by atoms with van der Waals surface area (Å²) in [6.45, 7) is 1.08. The van der Waals surface area contributed by atoms with Crippen LogP contribution in [0.25, 0.3) is 22.2 Å². The van der Waals surface area contributed by atoms with Gasteiger partial charge in [-0.1, -0.05) is 23.7 Å². The van der Waals surface area contributed by atoms with E-state index in [1.54, 1.807) is 24.4 Å². The van der Waals surface area contributed by atoms with Gasteiger partial charge in [-0.25, -0.2) is 9.78 Å². The minimum Gasteiger partial charge on any atom is -0.376 e. The molecule has 1 N–H and O–H groups in total. The van der Waals surface area contributed by atoms with E-state index < -0.39 is 11.2 Å². The van der Waals surface area contributed by atoms with Crippen molar-refractivity contribution in [3.8, 4) is 11.1 Å². The molecule has 1 aliphatic heterocycles. The lowest BCUT2D eigenvalue weighted by Crippen LogP contribution is -2.34. The molecule has 0 bridgehead atoms. The van der Waals surface area contributed by atoms with Crippen LogP contribution in [0.2, 0.25) is 5.02 Å². The molecule has 0 spiro atoms. The van der Waals surface area contributed by atoms with Crippen LogP contribution in [0.4, 0.5) is 0 Å². The normalized spacial score (nSPS) is 17.2. The van der Waals surface area contributed by atoms with Gasteiger partial charge in [-0.3, -0.25) is 14.3 Å². The van der Waals surface area contributed by atoms with Crippen LogP contribution in [-0.2, 0) is 11.3 Å². The number of pyridine rings is 1. The van der Waals surface area contributed by atoms with E-state index in [1.807, 2.05) is 12.1 Å². The number of nitrogens with zero attached hydrogens (tertiary/aromatic N) is 2. The lowest BCUT2D eigenvalue weighted by Gasteiger charge is -2.14. The van der Waals surface area contributed by atoms with Gasteiger partial charge in [0.1, 0.15) is 5.65 Å². The molecule has 0 unspecified atom stereocenters. The third-order valence-corrected chi connectivity index (χ3v) is 4.70. The summed E-state index contributed by atoms with van der Waals surface area (Å²) in [6.07, 6.45) is 3.44. The highest BCUT2D eigenvalue weighted by molar-refractivity contribution is 6.30. The van der Waals surface area contributed by atoms with Crippen molar-refractivity contribution in [1.82, 2.24) is 14.5 Å². The number of fused-ring (bicyclic) bond motifs is 1. The maximum absolute atomic E-state index is 12.5. The number of aromatic nitrogens is 3. The molecule has 1 saturated heterocycles. The average Bonchev–Trinajstić information content (AvgIpc) is 3.12. The Kier molecular flexibility index (Phi) is 4.15. The zero-order valence-electron chi connectivity index (χ0n) is 13.4. The zero-order valence-corrected chi connectivity index (χ0v) is 14.1. The molecule has 3 aromatic rings. The van der Waals surface area contributed by atoms with Crippen LogP contribution in [-0.4, -0.2) is 27.2 Å². The van der Waals surface area contributed by atoms with Crippen molar-refractivity contribution in [2.24, 2.45) is 0 Å². The number of aromatic amines is 1. The van der Waals surface area contributed by atoms with Crippen LogP contribution in [0.3, 0.4) is 0 Å². The third kappa shape index (κ3) is 2.99. The Morgan fingerprint density at radius 2 is 2.04 bits per heavy atom. The standard InChI is InChI=1S/C18H16ClN3O3/c19-12-5-3-11(4-6-12)14-7-8-20-16-15(14)17(23)21-18(24)22(16)10-13-2-1-9-25-13/h3-8,13H,1-2,9-10H2,(H,21,23,24)/t13-/m1/s1. The lowest BCUT2D eigenvalue weighted by atomic mass is 10.0. The summed E-state index contributed by atoms with van der Waals surface area (Å²) in [4.78, 5) is 31.5. The quantitative estimate of drug-likeness (QED) is 0.781. The first-order chi connectivity index (χ1) is 12.1. The van der Waals surface area contributed by atoms with E-state index in [4.69, 9.17) is 16.3 Å². The molecule has 1 atom stereocenters. The molecule has 0 amide bonds. The number of halogens is 1. The number of nitrogens with one attached hydrogen (secondary N) is 1. The average molecular weight is 358 g/mol. The van der Waals surface area contributed by atoms with Gasteiger partial charge in [-0.2, -0.15) is 0 Å². The fourth-order valence-electron chi connectivity index (χ4n) is 3.23. The van der Waals surface area contributed by atoms with Crippen LogP contribution in [0.1, 0.15) is 12.8 Å². The maximum Gasteiger partial charge on any atom is 0.330 e. The van der Waals surface area contributed by atoms with E-state index in [0.717, 1.165) is 18.4 Å². The molecule has 0 saturated carbocycles. The number of H-pyrrole nitrogens is 1. The predicted molar refractivity (Wildman–Crippen MR) is 96.0 cm³/mol. The van der Waals surface area contributed by atoms with Crippen molar-refractivity contribution in [3.63, 3.8) is 0 Å². The molecule has 0 aliphatic carbocycles. The van der Waals surface area contributed by atoms with Gasteiger partial charge in [0.2, 0.25) is 0 Å². The summed E-state index contributed by atoms with van der Waals surface area (Å²) in [7, 11) is 0. The zero-order chi connectivity index (χ0) is 17.4. The van der Waals surface area contributed by atoms with Gasteiger partial charge < -0.3 is 4.74 Å². The number of ether oxygens (including phenoxy) is 1. The van der Waals surface area contributed by atoms with Crippen LogP contribution in [0.5, 0.6) is 0 Å². The Balaban J connectivity index is 1.93.